The van der Waals surface area contributed by atoms with Crippen LogP contribution in [0.2, 0.25) is 0 Å². The molecule has 150 valence electrons. The van der Waals surface area contributed by atoms with Crippen molar-refractivity contribution in [3.63, 3.8) is 0 Å². The SMILES string of the molecule is CCNC(=NCc1cc2c(cc1OC(F)F)OCO2)NCCc1cccnc1. The first-order valence-electron chi connectivity index (χ1n) is 8.94. The molecule has 28 heavy (non-hydrogen) atoms. The summed E-state index contributed by atoms with van der Waals surface area (Å²) in [5.74, 6) is 1.47. The number of fused-ring (bicyclic) bond motifs is 1. The van der Waals surface area contributed by atoms with Crippen molar-refractivity contribution in [2.24, 2.45) is 4.99 Å². The van der Waals surface area contributed by atoms with Crippen LogP contribution in [-0.4, -0.2) is 37.4 Å². The first-order chi connectivity index (χ1) is 13.7. The number of benzene rings is 1. The molecular formula is C19H22F2N4O3. The topological polar surface area (TPSA) is 77.0 Å². The molecule has 1 aliphatic heterocycles. The summed E-state index contributed by atoms with van der Waals surface area (Å²) < 4.78 is 40.6. The van der Waals surface area contributed by atoms with E-state index in [2.05, 4.69) is 25.3 Å². The van der Waals surface area contributed by atoms with E-state index < -0.39 is 6.61 Å². The largest absolute Gasteiger partial charge is 0.454 e. The Morgan fingerprint density at radius 1 is 1.29 bits per heavy atom. The number of nitrogens with zero attached hydrogens (tertiary/aromatic N) is 2. The van der Waals surface area contributed by atoms with Crippen molar-refractivity contribution < 1.29 is 23.0 Å². The zero-order valence-corrected chi connectivity index (χ0v) is 15.5. The molecule has 0 amide bonds. The van der Waals surface area contributed by atoms with Crippen molar-refractivity contribution in [3.05, 3.63) is 47.8 Å². The fourth-order valence-electron chi connectivity index (χ4n) is 2.67. The Morgan fingerprint density at radius 3 is 2.82 bits per heavy atom. The van der Waals surface area contributed by atoms with E-state index in [1.54, 1.807) is 12.3 Å². The quantitative estimate of drug-likeness (QED) is 0.531. The Morgan fingerprint density at radius 2 is 2.11 bits per heavy atom. The summed E-state index contributed by atoms with van der Waals surface area (Å²) in [6, 6.07) is 6.91. The van der Waals surface area contributed by atoms with E-state index in [-0.39, 0.29) is 19.1 Å². The number of hydrogen-bond donors (Lipinski definition) is 2. The number of guanidine groups is 1. The lowest BCUT2D eigenvalue weighted by Crippen LogP contribution is -2.38. The summed E-state index contributed by atoms with van der Waals surface area (Å²) in [5.41, 5.74) is 1.59. The number of alkyl halides is 2. The molecule has 1 aromatic heterocycles. The lowest BCUT2D eigenvalue weighted by atomic mass is 10.1. The van der Waals surface area contributed by atoms with Crippen LogP contribution in [0.5, 0.6) is 17.2 Å². The average molecular weight is 392 g/mol. The van der Waals surface area contributed by atoms with Gasteiger partial charge < -0.3 is 24.8 Å². The van der Waals surface area contributed by atoms with Gasteiger partial charge in [0.25, 0.3) is 0 Å². The fraction of sp³-hybridized carbons (Fsp3) is 0.368. The average Bonchev–Trinajstić information content (AvgIpc) is 3.13. The van der Waals surface area contributed by atoms with Crippen molar-refractivity contribution in [3.8, 4) is 17.2 Å². The second kappa shape index (κ2) is 9.72. The van der Waals surface area contributed by atoms with Gasteiger partial charge in [0.05, 0.1) is 6.54 Å². The molecular weight excluding hydrogens is 370 g/mol. The van der Waals surface area contributed by atoms with Gasteiger partial charge >= 0.3 is 6.61 Å². The van der Waals surface area contributed by atoms with E-state index in [0.29, 0.717) is 36.1 Å². The standard InChI is InChI=1S/C19H22F2N4O3/c1-2-23-19(24-7-5-13-4-3-6-22-10-13)25-11-14-8-16-17(27-12-26-16)9-15(14)28-18(20)21/h3-4,6,8-10,18H,2,5,7,11-12H2,1H3,(H2,23,24,25). The maximum absolute atomic E-state index is 12.7. The molecule has 0 spiro atoms. The molecule has 0 atom stereocenters. The maximum atomic E-state index is 12.7. The summed E-state index contributed by atoms with van der Waals surface area (Å²) in [6.45, 7) is 0.521. The minimum absolute atomic E-state index is 0.0224. The highest BCUT2D eigenvalue weighted by molar-refractivity contribution is 5.79. The molecule has 0 aliphatic carbocycles. The number of halogens is 2. The predicted octanol–water partition coefficient (Wildman–Crippen LogP) is 2.71. The molecule has 7 nitrogen and oxygen atoms in total. The Kier molecular flexibility index (Phi) is 6.83. The zero-order valence-electron chi connectivity index (χ0n) is 15.5. The normalized spacial score (nSPS) is 12.9. The van der Waals surface area contributed by atoms with Gasteiger partial charge in [-0.2, -0.15) is 8.78 Å². The van der Waals surface area contributed by atoms with Crippen molar-refractivity contribution in [2.75, 3.05) is 19.9 Å². The summed E-state index contributed by atoms with van der Waals surface area (Å²) >= 11 is 0. The molecule has 0 unspecified atom stereocenters. The lowest BCUT2D eigenvalue weighted by Gasteiger charge is -2.13. The Hall–Kier alpha value is -3.10. The molecule has 1 aromatic carbocycles. The first-order valence-corrected chi connectivity index (χ1v) is 8.94. The molecule has 2 heterocycles. The Bertz CT molecular complexity index is 803. The van der Waals surface area contributed by atoms with E-state index in [4.69, 9.17) is 9.47 Å². The van der Waals surface area contributed by atoms with E-state index in [9.17, 15) is 8.78 Å². The van der Waals surface area contributed by atoms with Gasteiger partial charge in [0.2, 0.25) is 6.79 Å². The molecule has 0 fully saturated rings. The van der Waals surface area contributed by atoms with Crippen molar-refractivity contribution in [2.45, 2.75) is 26.5 Å². The van der Waals surface area contributed by atoms with Gasteiger partial charge in [-0.05, 0) is 31.0 Å². The van der Waals surface area contributed by atoms with Crippen LogP contribution in [0.3, 0.4) is 0 Å². The zero-order chi connectivity index (χ0) is 19.8. The van der Waals surface area contributed by atoms with Crippen molar-refractivity contribution in [1.29, 1.82) is 0 Å². The van der Waals surface area contributed by atoms with Crippen LogP contribution in [0.1, 0.15) is 18.1 Å². The lowest BCUT2D eigenvalue weighted by molar-refractivity contribution is -0.0505. The third-order valence-electron chi connectivity index (χ3n) is 3.95. The molecule has 0 radical (unpaired) electrons. The van der Waals surface area contributed by atoms with Crippen LogP contribution in [0.4, 0.5) is 8.78 Å². The van der Waals surface area contributed by atoms with Crippen LogP contribution >= 0.6 is 0 Å². The molecule has 0 saturated carbocycles. The summed E-state index contributed by atoms with van der Waals surface area (Å²) in [4.78, 5) is 8.55. The van der Waals surface area contributed by atoms with Gasteiger partial charge in [-0.15, -0.1) is 0 Å². The van der Waals surface area contributed by atoms with Crippen LogP contribution < -0.4 is 24.8 Å². The number of ether oxygens (including phenoxy) is 3. The first kappa shape index (κ1) is 19.7. The molecule has 9 heteroatoms. The Labute approximate surface area is 161 Å². The van der Waals surface area contributed by atoms with Crippen LogP contribution in [0.25, 0.3) is 0 Å². The number of hydrogen-bond acceptors (Lipinski definition) is 5. The van der Waals surface area contributed by atoms with Gasteiger partial charge in [0.1, 0.15) is 5.75 Å². The predicted molar refractivity (Wildman–Crippen MR) is 100.0 cm³/mol. The number of rotatable bonds is 8. The van der Waals surface area contributed by atoms with Crippen LogP contribution in [-0.2, 0) is 13.0 Å². The summed E-state index contributed by atoms with van der Waals surface area (Å²) in [6.07, 6.45) is 4.32. The second-order valence-electron chi connectivity index (χ2n) is 5.92. The summed E-state index contributed by atoms with van der Waals surface area (Å²) in [5, 5.41) is 6.35. The van der Waals surface area contributed by atoms with E-state index in [1.165, 1.54) is 6.07 Å². The molecule has 2 aromatic rings. The van der Waals surface area contributed by atoms with Crippen LogP contribution in [0, 0.1) is 0 Å². The third-order valence-corrected chi connectivity index (χ3v) is 3.95. The number of nitrogens with one attached hydrogen (secondary N) is 2. The number of aromatic nitrogens is 1. The number of aliphatic imine (C=N–C) groups is 1. The van der Waals surface area contributed by atoms with Gasteiger partial charge in [0, 0.05) is 37.1 Å². The molecule has 2 N–H and O–H groups in total. The Balaban J connectivity index is 1.67. The van der Waals surface area contributed by atoms with Crippen molar-refractivity contribution >= 4 is 5.96 Å². The van der Waals surface area contributed by atoms with Gasteiger partial charge in [-0.1, -0.05) is 6.07 Å². The highest BCUT2D eigenvalue weighted by Gasteiger charge is 2.20. The number of pyridine rings is 1. The van der Waals surface area contributed by atoms with Gasteiger partial charge in [0.15, 0.2) is 17.5 Å². The van der Waals surface area contributed by atoms with Crippen LogP contribution in [0.15, 0.2) is 41.7 Å². The molecule has 0 saturated heterocycles. The fourth-order valence-corrected chi connectivity index (χ4v) is 2.67. The molecule has 3 rings (SSSR count). The maximum Gasteiger partial charge on any atom is 0.387 e. The monoisotopic (exact) mass is 392 g/mol. The second-order valence-corrected chi connectivity index (χ2v) is 5.92. The molecule has 0 bridgehead atoms. The highest BCUT2D eigenvalue weighted by Crippen LogP contribution is 2.38. The van der Waals surface area contributed by atoms with Gasteiger partial charge in [-0.3, -0.25) is 4.98 Å². The third kappa shape index (κ3) is 5.45. The van der Waals surface area contributed by atoms with E-state index in [0.717, 1.165) is 12.0 Å². The summed E-state index contributed by atoms with van der Waals surface area (Å²) in [7, 11) is 0. The van der Waals surface area contributed by atoms with Crippen molar-refractivity contribution in [1.82, 2.24) is 15.6 Å². The van der Waals surface area contributed by atoms with E-state index in [1.807, 2.05) is 25.3 Å². The molecule has 1 aliphatic rings. The smallest absolute Gasteiger partial charge is 0.387 e. The minimum atomic E-state index is -2.94. The van der Waals surface area contributed by atoms with Gasteiger partial charge in [-0.25, -0.2) is 4.99 Å². The van der Waals surface area contributed by atoms with E-state index >= 15 is 0 Å². The highest BCUT2D eigenvalue weighted by atomic mass is 19.3. The minimum Gasteiger partial charge on any atom is -0.454 e.